The summed E-state index contributed by atoms with van der Waals surface area (Å²) in [5, 5.41) is 0. The summed E-state index contributed by atoms with van der Waals surface area (Å²) >= 11 is 0. The van der Waals surface area contributed by atoms with Gasteiger partial charge in [0.25, 0.3) is 0 Å². The highest BCUT2D eigenvalue weighted by molar-refractivity contribution is 5.68. The van der Waals surface area contributed by atoms with E-state index in [1.807, 2.05) is 0 Å². The van der Waals surface area contributed by atoms with Crippen LogP contribution < -0.4 is 4.74 Å². The van der Waals surface area contributed by atoms with Crippen LogP contribution >= 0.6 is 0 Å². The minimum atomic E-state index is -4.82. The van der Waals surface area contributed by atoms with E-state index in [1.54, 1.807) is 0 Å². The Morgan fingerprint density at radius 3 is 1.94 bits per heavy atom. The first-order chi connectivity index (χ1) is 7.91. The lowest BCUT2D eigenvalue weighted by Crippen LogP contribution is -2.45. The molecule has 0 N–H and O–H groups in total. The van der Waals surface area contributed by atoms with E-state index in [-0.39, 0.29) is 11.8 Å². The molecular weight excluding hydrogens is 237 g/mol. The highest BCUT2D eigenvalue weighted by atomic mass is 19.4. The van der Waals surface area contributed by atoms with Crippen LogP contribution in [0.1, 0.15) is 5.56 Å². The molecule has 3 nitrogen and oxygen atoms in total. The van der Waals surface area contributed by atoms with E-state index in [2.05, 4.69) is 4.74 Å². The van der Waals surface area contributed by atoms with Crippen molar-refractivity contribution in [2.45, 2.75) is 11.8 Å². The monoisotopic (exact) mass is 248 g/mol. The van der Waals surface area contributed by atoms with Crippen molar-refractivity contribution in [1.29, 1.82) is 0 Å². The molecule has 0 aliphatic rings. The first kappa shape index (κ1) is 13.5. The van der Waals surface area contributed by atoms with Gasteiger partial charge in [0.05, 0.1) is 7.11 Å². The lowest BCUT2D eigenvalue weighted by Gasteiger charge is -2.29. The molecule has 0 aliphatic heterocycles. The Hall–Kier alpha value is -1.56. The fraction of sp³-hybridized carbons (Fsp3) is 0.364. The Bertz CT molecular complexity index is 386. The lowest BCUT2D eigenvalue weighted by molar-refractivity contribution is -0.258. The standard InChI is InChI=1S/C11H11F3O3/c1-16-9-5-3-8(4-6-9)10(7-15,17-2)11(12,13)14/h3-7H,1-2H3/t10-/m0/s1. The number of hydrogen-bond donors (Lipinski definition) is 0. The molecule has 0 heterocycles. The topological polar surface area (TPSA) is 35.5 Å². The van der Waals surface area contributed by atoms with Crippen LogP contribution in [-0.2, 0) is 15.1 Å². The Kier molecular flexibility index (Phi) is 3.77. The molecule has 0 saturated heterocycles. The summed E-state index contributed by atoms with van der Waals surface area (Å²) in [6.07, 6.45) is -5.08. The van der Waals surface area contributed by atoms with Crippen LogP contribution in [0.4, 0.5) is 13.2 Å². The van der Waals surface area contributed by atoms with Crippen LogP contribution in [0.25, 0.3) is 0 Å². The third-order valence-corrected chi connectivity index (χ3v) is 2.43. The zero-order valence-electron chi connectivity index (χ0n) is 9.25. The molecular formula is C11H11F3O3. The van der Waals surface area contributed by atoms with Gasteiger partial charge in [-0.05, 0) is 12.1 Å². The molecule has 1 rings (SSSR count). The summed E-state index contributed by atoms with van der Waals surface area (Å²) < 4.78 is 47.8. The van der Waals surface area contributed by atoms with Crippen LogP contribution in [0.3, 0.4) is 0 Å². The molecule has 0 saturated carbocycles. The van der Waals surface area contributed by atoms with E-state index < -0.39 is 11.8 Å². The molecule has 1 aromatic rings. The van der Waals surface area contributed by atoms with Crippen LogP contribution in [0, 0.1) is 0 Å². The predicted molar refractivity (Wildman–Crippen MR) is 53.8 cm³/mol. The third-order valence-electron chi connectivity index (χ3n) is 2.43. The first-order valence-corrected chi connectivity index (χ1v) is 4.64. The van der Waals surface area contributed by atoms with Crippen molar-refractivity contribution in [3.05, 3.63) is 29.8 Å². The maximum absolute atomic E-state index is 12.9. The maximum atomic E-state index is 12.9. The highest BCUT2D eigenvalue weighted by Gasteiger charge is 2.57. The molecule has 0 aromatic heterocycles. The number of hydrogen-bond acceptors (Lipinski definition) is 3. The van der Waals surface area contributed by atoms with Crippen molar-refractivity contribution < 1.29 is 27.4 Å². The second-order valence-corrected chi connectivity index (χ2v) is 3.28. The summed E-state index contributed by atoms with van der Waals surface area (Å²) in [5.41, 5.74) is -3.22. The van der Waals surface area contributed by atoms with E-state index in [0.717, 1.165) is 19.2 Å². The van der Waals surface area contributed by atoms with Crippen molar-refractivity contribution in [2.24, 2.45) is 0 Å². The van der Waals surface area contributed by atoms with E-state index in [9.17, 15) is 18.0 Å². The Morgan fingerprint density at radius 1 is 1.12 bits per heavy atom. The van der Waals surface area contributed by atoms with Gasteiger partial charge < -0.3 is 9.47 Å². The fourth-order valence-corrected chi connectivity index (χ4v) is 1.42. The van der Waals surface area contributed by atoms with E-state index in [0.29, 0.717) is 5.75 Å². The lowest BCUT2D eigenvalue weighted by atomic mass is 9.94. The molecule has 0 amide bonds. The number of benzene rings is 1. The van der Waals surface area contributed by atoms with Gasteiger partial charge in [0, 0.05) is 12.7 Å². The number of carbonyl (C=O) groups is 1. The molecule has 0 spiro atoms. The number of carbonyl (C=O) groups excluding carboxylic acids is 1. The van der Waals surface area contributed by atoms with Gasteiger partial charge in [-0.2, -0.15) is 13.2 Å². The van der Waals surface area contributed by atoms with Gasteiger partial charge >= 0.3 is 6.18 Å². The first-order valence-electron chi connectivity index (χ1n) is 4.64. The number of aldehydes is 1. The van der Waals surface area contributed by atoms with E-state index >= 15 is 0 Å². The molecule has 17 heavy (non-hydrogen) atoms. The van der Waals surface area contributed by atoms with Gasteiger partial charge in [-0.25, -0.2) is 0 Å². The van der Waals surface area contributed by atoms with Crippen molar-refractivity contribution in [3.8, 4) is 5.75 Å². The number of ether oxygens (including phenoxy) is 2. The highest BCUT2D eigenvalue weighted by Crippen LogP contribution is 2.40. The smallest absolute Gasteiger partial charge is 0.428 e. The maximum Gasteiger partial charge on any atom is 0.428 e. The second kappa shape index (κ2) is 4.75. The van der Waals surface area contributed by atoms with Gasteiger partial charge in [-0.3, -0.25) is 4.79 Å². The van der Waals surface area contributed by atoms with Crippen LogP contribution in [-0.4, -0.2) is 26.7 Å². The normalized spacial score (nSPS) is 15.1. The number of methoxy groups -OCH3 is 2. The number of halogens is 3. The van der Waals surface area contributed by atoms with Crippen molar-refractivity contribution in [3.63, 3.8) is 0 Å². The Balaban J connectivity index is 3.27. The molecule has 94 valence electrons. The van der Waals surface area contributed by atoms with Gasteiger partial charge in [-0.15, -0.1) is 0 Å². The minimum Gasteiger partial charge on any atom is -0.497 e. The summed E-state index contributed by atoms with van der Waals surface area (Å²) in [7, 11) is 2.23. The van der Waals surface area contributed by atoms with Crippen LogP contribution in [0.15, 0.2) is 24.3 Å². The molecule has 1 atom stereocenters. The minimum absolute atomic E-state index is 0.255. The molecule has 0 bridgehead atoms. The zero-order chi connectivity index (χ0) is 13.1. The van der Waals surface area contributed by atoms with Crippen molar-refractivity contribution >= 4 is 6.29 Å². The van der Waals surface area contributed by atoms with Crippen LogP contribution in [0.2, 0.25) is 0 Å². The van der Waals surface area contributed by atoms with E-state index in [4.69, 9.17) is 4.74 Å². The summed E-state index contributed by atoms with van der Waals surface area (Å²) in [6.45, 7) is 0. The van der Waals surface area contributed by atoms with Crippen LogP contribution in [0.5, 0.6) is 5.75 Å². The SMILES string of the molecule is COc1ccc([C@](C=O)(OC)C(F)(F)F)cc1. The van der Waals surface area contributed by atoms with Gasteiger partial charge in [0.15, 0.2) is 6.29 Å². The summed E-state index contributed by atoms with van der Waals surface area (Å²) in [4.78, 5) is 10.8. The molecule has 0 aliphatic carbocycles. The molecule has 0 unspecified atom stereocenters. The Morgan fingerprint density at radius 2 is 1.65 bits per heavy atom. The average molecular weight is 248 g/mol. The Labute approximate surface area is 96.1 Å². The summed E-state index contributed by atoms with van der Waals surface area (Å²) in [5.74, 6) is 0.395. The predicted octanol–water partition coefficient (Wildman–Crippen LogP) is 2.30. The third kappa shape index (κ3) is 2.26. The largest absolute Gasteiger partial charge is 0.497 e. The molecule has 1 aromatic carbocycles. The average Bonchev–Trinajstić information content (AvgIpc) is 2.30. The van der Waals surface area contributed by atoms with Crippen molar-refractivity contribution in [1.82, 2.24) is 0 Å². The number of alkyl halides is 3. The molecule has 0 radical (unpaired) electrons. The second-order valence-electron chi connectivity index (χ2n) is 3.28. The van der Waals surface area contributed by atoms with Gasteiger partial charge in [0.2, 0.25) is 5.60 Å². The quantitative estimate of drug-likeness (QED) is 0.767. The van der Waals surface area contributed by atoms with Gasteiger partial charge in [-0.1, -0.05) is 12.1 Å². The summed E-state index contributed by atoms with van der Waals surface area (Å²) in [6, 6.07) is 4.95. The fourth-order valence-electron chi connectivity index (χ4n) is 1.42. The molecule has 6 heteroatoms. The van der Waals surface area contributed by atoms with Gasteiger partial charge in [0.1, 0.15) is 5.75 Å². The van der Waals surface area contributed by atoms with Crippen molar-refractivity contribution in [2.75, 3.05) is 14.2 Å². The molecule has 0 fully saturated rings. The number of rotatable bonds is 4. The zero-order valence-corrected chi connectivity index (χ0v) is 9.25. The van der Waals surface area contributed by atoms with E-state index in [1.165, 1.54) is 19.2 Å².